The maximum Gasteiger partial charge on any atom is 1.00 e. The number of hydrogen-bond donors (Lipinski definition) is 4. The fourth-order valence-corrected chi connectivity index (χ4v) is 8.58. The summed E-state index contributed by atoms with van der Waals surface area (Å²) in [6.45, 7) is 10.1. The average molecular weight is 881 g/mol. The van der Waals surface area contributed by atoms with Crippen LogP contribution in [0.5, 0.6) is 0 Å². The van der Waals surface area contributed by atoms with Crippen LogP contribution in [-0.4, -0.2) is 97.2 Å². The van der Waals surface area contributed by atoms with Crippen LogP contribution in [0.25, 0.3) is 0 Å². The second kappa shape index (κ2) is 21.7. The van der Waals surface area contributed by atoms with Gasteiger partial charge in [0.25, 0.3) is 11.8 Å². The SMILES string of the molecule is CC1(C)C(/C=C/C=C/C=C/C=C2/N(CCCCS(=O)(=O)[O-])c3ccc(C(=O)NCCS)cc3C2(C)C)=[N+](CCCCS(=O)(=O)[O-])c2ccc(C(=O)NCCS)cc21.[Na+]. The van der Waals surface area contributed by atoms with E-state index in [-0.39, 0.29) is 54.2 Å². The van der Waals surface area contributed by atoms with Crippen molar-refractivity contribution in [1.29, 1.82) is 0 Å². The second-order valence-corrected chi connectivity index (χ2v) is 18.9. The Balaban J connectivity index is 0.00000900. The molecule has 0 saturated heterocycles. The number of fused-ring (bicyclic) bond motifs is 2. The Morgan fingerprint density at radius 1 is 0.741 bits per heavy atom. The first-order valence-electron chi connectivity index (χ1n) is 18.9. The normalized spacial score (nSPS) is 16.7. The number of carbonyl (C=O) groups is 2. The second-order valence-electron chi connectivity index (χ2n) is 15.0. The Morgan fingerprint density at radius 3 is 1.86 bits per heavy atom. The Hall–Kier alpha value is -2.67. The van der Waals surface area contributed by atoms with Crippen LogP contribution in [0.4, 0.5) is 11.4 Å². The first kappa shape index (κ1) is 49.7. The number of unbranched alkanes of at least 4 members (excludes halogenated alkanes) is 2. The first-order chi connectivity index (χ1) is 26.8. The van der Waals surface area contributed by atoms with Crippen molar-refractivity contribution in [1.82, 2.24) is 10.6 Å². The molecule has 0 aromatic heterocycles. The van der Waals surface area contributed by atoms with E-state index in [1.807, 2.05) is 66.8 Å². The number of anilines is 1. The summed E-state index contributed by atoms with van der Waals surface area (Å²) < 4.78 is 69.6. The zero-order valence-corrected chi connectivity index (χ0v) is 39.3. The number of nitrogens with one attached hydrogen (secondary N) is 2. The van der Waals surface area contributed by atoms with E-state index in [4.69, 9.17) is 0 Å². The Kier molecular flexibility index (Phi) is 18.6. The van der Waals surface area contributed by atoms with Crippen molar-refractivity contribution in [3.63, 3.8) is 0 Å². The molecule has 0 bridgehead atoms. The molecule has 12 nitrogen and oxygen atoms in total. The van der Waals surface area contributed by atoms with Gasteiger partial charge in [-0.2, -0.15) is 29.8 Å². The monoisotopic (exact) mass is 880 g/mol. The molecule has 2 aromatic rings. The van der Waals surface area contributed by atoms with Crippen molar-refractivity contribution in [3.8, 4) is 0 Å². The zero-order chi connectivity index (χ0) is 42.0. The van der Waals surface area contributed by atoms with Crippen molar-refractivity contribution < 1.29 is 69.7 Å². The van der Waals surface area contributed by atoms with E-state index in [2.05, 4.69) is 73.1 Å². The minimum Gasteiger partial charge on any atom is -0.748 e. The maximum absolute atomic E-state index is 12.8. The number of benzene rings is 2. The number of hydrogen-bond acceptors (Lipinski definition) is 11. The van der Waals surface area contributed by atoms with Crippen LogP contribution in [0.2, 0.25) is 0 Å². The van der Waals surface area contributed by atoms with E-state index in [1.54, 1.807) is 12.1 Å². The molecular formula is C41H53N4NaO8S4. The molecule has 2 aliphatic rings. The van der Waals surface area contributed by atoms with Gasteiger partial charge in [0.1, 0.15) is 6.54 Å². The van der Waals surface area contributed by atoms with Gasteiger partial charge >= 0.3 is 29.6 Å². The summed E-state index contributed by atoms with van der Waals surface area (Å²) >= 11 is 8.36. The smallest absolute Gasteiger partial charge is 0.748 e. The van der Waals surface area contributed by atoms with Gasteiger partial charge in [-0.05, 0) is 75.1 Å². The van der Waals surface area contributed by atoms with E-state index in [1.165, 1.54) is 0 Å². The molecule has 0 atom stereocenters. The summed E-state index contributed by atoms with van der Waals surface area (Å²) in [5.41, 5.74) is 5.71. The van der Waals surface area contributed by atoms with Crippen LogP contribution in [0.1, 0.15) is 85.2 Å². The molecule has 58 heavy (non-hydrogen) atoms. The van der Waals surface area contributed by atoms with E-state index >= 15 is 0 Å². The average Bonchev–Trinajstić information content (AvgIpc) is 3.49. The van der Waals surface area contributed by atoms with Gasteiger partial charge in [-0.15, -0.1) is 0 Å². The predicted octanol–water partition coefficient (Wildman–Crippen LogP) is 2.39. The molecule has 2 heterocycles. The van der Waals surface area contributed by atoms with E-state index in [9.17, 15) is 35.5 Å². The molecule has 0 aliphatic carbocycles. The van der Waals surface area contributed by atoms with Gasteiger partial charge in [-0.25, -0.2) is 16.8 Å². The van der Waals surface area contributed by atoms with E-state index < -0.39 is 42.6 Å². The van der Waals surface area contributed by atoms with Gasteiger partial charge in [-0.1, -0.05) is 44.2 Å². The molecule has 2 amide bonds. The van der Waals surface area contributed by atoms with Crippen LogP contribution in [0, 0.1) is 0 Å². The van der Waals surface area contributed by atoms with Gasteiger partial charge in [0, 0.05) is 94.7 Å². The molecule has 2 N–H and O–H groups in total. The van der Waals surface area contributed by atoms with Crippen molar-refractivity contribution in [2.24, 2.45) is 0 Å². The third kappa shape index (κ3) is 13.2. The molecular weight excluding hydrogens is 828 g/mol. The number of carbonyl (C=O) groups excluding carboxylic acids is 2. The number of amides is 2. The minimum absolute atomic E-state index is 0. The van der Waals surface area contributed by atoms with Gasteiger partial charge in [0.05, 0.1) is 25.7 Å². The Morgan fingerprint density at radius 2 is 1.28 bits per heavy atom. The van der Waals surface area contributed by atoms with E-state index in [0.29, 0.717) is 61.7 Å². The van der Waals surface area contributed by atoms with Crippen molar-refractivity contribution in [2.45, 2.75) is 64.2 Å². The number of allylic oxidation sites excluding steroid dienone is 8. The zero-order valence-electron chi connectivity index (χ0n) is 33.9. The van der Waals surface area contributed by atoms with Crippen molar-refractivity contribution >= 4 is 74.4 Å². The quantitative estimate of drug-likeness (QED) is 0.0389. The fraction of sp³-hybridized carbons (Fsp3) is 0.439. The first-order valence-corrected chi connectivity index (χ1v) is 23.3. The summed E-state index contributed by atoms with van der Waals surface area (Å²) in [5, 5.41) is 5.71. The third-order valence-corrected chi connectivity index (χ3v) is 12.1. The van der Waals surface area contributed by atoms with Gasteiger partial charge in [0.15, 0.2) is 5.71 Å². The van der Waals surface area contributed by atoms with Gasteiger partial charge < -0.3 is 24.6 Å². The topological polar surface area (TPSA) is 179 Å². The summed E-state index contributed by atoms with van der Waals surface area (Å²) in [7, 11) is -8.64. The third-order valence-electron chi connectivity index (χ3n) is 10.1. The van der Waals surface area contributed by atoms with Gasteiger partial charge in [0.2, 0.25) is 5.69 Å². The molecule has 0 unspecified atom stereocenters. The summed E-state index contributed by atoms with van der Waals surface area (Å²) in [6.07, 6.45) is 14.9. The Labute approximate surface area is 377 Å². The van der Waals surface area contributed by atoms with E-state index in [0.717, 1.165) is 33.9 Å². The Bertz CT molecular complexity index is 2200. The molecule has 2 aromatic carbocycles. The largest absolute Gasteiger partial charge is 1.00 e. The standard InChI is InChI=1S/C41H54N4O8S4.Na/c1-40(2)32-28-30(38(46)42-20-24-54)16-18-34(32)44(22-10-12-26-56(48,49)50)36(40)14-8-6-5-7-9-15-37-41(3,4)33-29-31(39(47)43-21-25-55)17-19-35(33)45(37)23-11-13-27-57(51,52)53;/h5-9,14-19,28-29H,10-13,20-27H2,1-4H3,(H5-,42,43,46,47,48,49,50,51,52,53,54,55);/q;+1/p-1. The van der Waals surface area contributed by atoms with Crippen LogP contribution in [-0.2, 0) is 31.1 Å². The number of nitrogens with zero attached hydrogens (tertiary/aromatic N) is 2. The van der Waals surface area contributed by atoms with Crippen LogP contribution >= 0.6 is 25.3 Å². The summed E-state index contributed by atoms with van der Waals surface area (Å²) in [6, 6.07) is 11.1. The summed E-state index contributed by atoms with van der Waals surface area (Å²) in [5.74, 6) is -0.213. The number of rotatable bonds is 20. The van der Waals surface area contributed by atoms with Crippen LogP contribution in [0.15, 0.2) is 84.6 Å². The molecule has 4 rings (SSSR count). The molecule has 0 fully saturated rings. The predicted molar refractivity (Wildman–Crippen MR) is 232 cm³/mol. The number of thiol groups is 2. The molecule has 17 heteroatoms. The molecule has 310 valence electrons. The summed E-state index contributed by atoms with van der Waals surface area (Å²) in [4.78, 5) is 27.7. The molecule has 0 radical (unpaired) electrons. The minimum atomic E-state index is -4.32. The van der Waals surface area contributed by atoms with Crippen LogP contribution < -0.4 is 45.1 Å². The van der Waals surface area contributed by atoms with Crippen molar-refractivity contribution in [2.75, 3.05) is 54.1 Å². The molecule has 0 saturated carbocycles. The van der Waals surface area contributed by atoms with Gasteiger partial charge in [-0.3, -0.25) is 9.59 Å². The van der Waals surface area contributed by atoms with Crippen molar-refractivity contribution in [3.05, 3.63) is 107 Å². The maximum atomic E-state index is 12.8. The fourth-order valence-electron chi connectivity index (χ4n) is 7.24. The molecule has 0 spiro atoms. The van der Waals surface area contributed by atoms with Crippen LogP contribution in [0.3, 0.4) is 0 Å². The molecule has 2 aliphatic heterocycles.